The summed E-state index contributed by atoms with van der Waals surface area (Å²) in [4.78, 5) is 27.2. The van der Waals surface area contributed by atoms with E-state index in [4.69, 9.17) is 14.3 Å². The Balaban J connectivity index is 1.67. The van der Waals surface area contributed by atoms with Crippen LogP contribution in [-0.4, -0.2) is 28.6 Å². The topological polar surface area (TPSA) is 102 Å². The highest BCUT2D eigenvalue weighted by atomic mass is 16.5. The van der Waals surface area contributed by atoms with Gasteiger partial charge in [0.2, 0.25) is 0 Å². The quantitative estimate of drug-likeness (QED) is 0.876. The van der Waals surface area contributed by atoms with Crippen LogP contribution < -0.4 is 5.32 Å². The molecule has 1 saturated heterocycles. The summed E-state index contributed by atoms with van der Waals surface area (Å²) in [6.07, 6.45) is 2.73. The molecule has 120 valence electrons. The van der Waals surface area contributed by atoms with Gasteiger partial charge < -0.3 is 19.6 Å². The maximum atomic E-state index is 12.3. The SMILES string of the molecule is O=C(O)c1cccc(CNC(=O)c2ncoc2[C@H]2CCCO2)c1. The van der Waals surface area contributed by atoms with Gasteiger partial charge in [-0.2, -0.15) is 0 Å². The third-order valence-corrected chi connectivity index (χ3v) is 3.66. The molecule has 3 rings (SSSR count). The standard InChI is InChI=1S/C16H16N2O5/c19-15(13-14(23-9-18-13)12-5-2-6-22-12)17-8-10-3-1-4-11(7-10)16(20)21/h1,3-4,7,9,12H,2,5-6,8H2,(H,17,19)(H,20,21)/t12-/m1/s1. The normalized spacial score (nSPS) is 17.1. The lowest BCUT2D eigenvalue weighted by molar-refractivity contribution is 0.0696. The highest BCUT2D eigenvalue weighted by molar-refractivity contribution is 5.93. The number of hydrogen-bond donors (Lipinski definition) is 2. The van der Waals surface area contributed by atoms with Crippen molar-refractivity contribution in [1.82, 2.24) is 10.3 Å². The second-order valence-electron chi connectivity index (χ2n) is 5.26. The Kier molecular flexibility index (Phi) is 4.38. The second kappa shape index (κ2) is 6.62. The fourth-order valence-electron chi connectivity index (χ4n) is 2.52. The Morgan fingerprint density at radius 1 is 1.39 bits per heavy atom. The molecule has 1 aliphatic heterocycles. The highest BCUT2D eigenvalue weighted by Gasteiger charge is 2.27. The Labute approximate surface area is 132 Å². The number of oxazole rings is 1. The van der Waals surface area contributed by atoms with Crippen molar-refractivity contribution in [2.75, 3.05) is 6.61 Å². The number of nitrogens with one attached hydrogen (secondary N) is 1. The third-order valence-electron chi connectivity index (χ3n) is 3.66. The Hall–Kier alpha value is -2.67. The summed E-state index contributed by atoms with van der Waals surface area (Å²) < 4.78 is 10.8. The number of carbonyl (C=O) groups excluding carboxylic acids is 1. The molecule has 1 atom stereocenters. The molecule has 7 heteroatoms. The predicted molar refractivity (Wildman–Crippen MR) is 79.0 cm³/mol. The smallest absolute Gasteiger partial charge is 0.335 e. The molecule has 0 saturated carbocycles. The number of benzene rings is 1. The zero-order chi connectivity index (χ0) is 16.2. The molecule has 2 aromatic rings. The molecule has 0 radical (unpaired) electrons. The van der Waals surface area contributed by atoms with Crippen LogP contribution in [0.15, 0.2) is 35.1 Å². The van der Waals surface area contributed by atoms with Crippen LogP contribution in [0.5, 0.6) is 0 Å². The van der Waals surface area contributed by atoms with E-state index in [1.165, 1.54) is 18.5 Å². The summed E-state index contributed by atoms with van der Waals surface area (Å²) in [5.41, 5.74) is 1.09. The number of aromatic nitrogens is 1. The second-order valence-corrected chi connectivity index (χ2v) is 5.26. The lowest BCUT2D eigenvalue weighted by atomic mass is 10.1. The van der Waals surface area contributed by atoms with Crippen molar-refractivity contribution in [2.45, 2.75) is 25.5 Å². The van der Waals surface area contributed by atoms with E-state index in [1.807, 2.05) is 0 Å². The molecule has 1 aromatic heterocycles. The Morgan fingerprint density at radius 3 is 3.00 bits per heavy atom. The minimum absolute atomic E-state index is 0.179. The van der Waals surface area contributed by atoms with Gasteiger partial charge in [-0.25, -0.2) is 9.78 Å². The van der Waals surface area contributed by atoms with Gasteiger partial charge in [-0.1, -0.05) is 12.1 Å². The van der Waals surface area contributed by atoms with Crippen molar-refractivity contribution >= 4 is 11.9 Å². The Bertz CT molecular complexity index is 719. The molecule has 0 spiro atoms. The van der Waals surface area contributed by atoms with Crippen LogP contribution >= 0.6 is 0 Å². The average molecular weight is 316 g/mol. The minimum Gasteiger partial charge on any atom is -0.478 e. The number of ether oxygens (including phenoxy) is 1. The van der Waals surface area contributed by atoms with Gasteiger partial charge in [0.25, 0.3) is 5.91 Å². The van der Waals surface area contributed by atoms with Gasteiger partial charge in [0.05, 0.1) is 5.56 Å². The molecule has 1 aliphatic rings. The van der Waals surface area contributed by atoms with E-state index in [-0.39, 0.29) is 29.8 Å². The number of carboxylic acids is 1. The molecule has 2 heterocycles. The van der Waals surface area contributed by atoms with Crippen molar-refractivity contribution in [3.8, 4) is 0 Å². The Morgan fingerprint density at radius 2 is 2.26 bits per heavy atom. The molecule has 0 aliphatic carbocycles. The molecular weight excluding hydrogens is 300 g/mol. The van der Waals surface area contributed by atoms with E-state index in [1.54, 1.807) is 12.1 Å². The number of amides is 1. The summed E-state index contributed by atoms with van der Waals surface area (Å²) in [5.74, 6) is -0.931. The summed E-state index contributed by atoms with van der Waals surface area (Å²) >= 11 is 0. The number of hydrogen-bond acceptors (Lipinski definition) is 5. The van der Waals surface area contributed by atoms with E-state index < -0.39 is 5.97 Å². The van der Waals surface area contributed by atoms with Gasteiger partial charge in [-0.3, -0.25) is 4.79 Å². The zero-order valence-corrected chi connectivity index (χ0v) is 12.3. The van der Waals surface area contributed by atoms with Crippen LogP contribution in [0.2, 0.25) is 0 Å². The summed E-state index contributed by atoms with van der Waals surface area (Å²) in [6.45, 7) is 0.853. The van der Waals surface area contributed by atoms with Crippen LogP contribution in [0.25, 0.3) is 0 Å². The first kappa shape index (κ1) is 15.2. The summed E-state index contributed by atoms with van der Waals surface area (Å²) in [6, 6.07) is 6.41. The molecule has 1 amide bonds. The van der Waals surface area contributed by atoms with E-state index in [2.05, 4.69) is 10.3 Å². The predicted octanol–water partition coefficient (Wildman–Crippen LogP) is 2.15. The first-order valence-corrected chi connectivity index (χ1v) is 7.30. The maximum Gasteiger partial charge on any atom is 0.335 e. The van der Waals surface area contributed by atoms with Gasteiger partial charge in [-0.15, -0.1) is 0 Å². The molecule has 23 heavy (non-hydrogen) atoms. The number of aromatic carboxylic acids is 1. The van der Waals surface area contributed by atoms with Gasteiger partial charge in [0.1, 0.15) is 6.10 Å². The van der Waals surface area contributed by atoms with E-state index in [0.717, 1.165) is 12.8 Å². The monoisotopic (exact) mass is 316 g/mol. The van der Waals surface area contributed by atoms with Crippen LogP contribution in [0.3, 0.4) is 0 Å². The van der Waals surface area contributed by atoms with Crippen LogP contribution in [0.4, 0.5) is 0 Å². The van der Waals surface area contributed by atoms with Gasteiger partial charge in [-0.05, 0) is 30.5 Å². The third kappa shape index (κ3) is 3.40. The molecule has 7 nitrogen and oxygen atoms in total. The maximum absolute atomic E-state index is 12.3. The molecule has 1 aromatic carbocycles. The van der Waals surface area contributed by atoms with Crippen molar-refractivity contribution < 1.29 is 23.8 Å². The van der Waals surface area contributed by atoms with Gasteiger partial charge in [0, 0.05) is 13.2 Å². The van der Waals surface area contributed by atoms with Crippen molar-refractivity contribution in [3.63, 3.8) is 0 Å². The first-order chi connectivity index (χ1) is 11.1. The van der Waals surface area contributed by atoms with Gasteiger partial charge in [0.15, 0.2) is 17.8 Å². The van der Waals surface area contributed by atoms with Crippen molar-refractivity contribution in [2.24, 2.45) is 0 Å². The van der Waals surface area contributed by atoms with Crippen LogP contribution in [-0.2, 0) is 11.3 Å². The van der Waals surface area contributed by atoms with Crippen LogP contribution in [0, 0.1) is 0 Å². The van der Waals surface area contributed by atoms with Crippen molar-refractivity contribution in [1.29, 1.82) is 0 Å². The number of rotatable bonds is 5. The number of carbonyl (C=O) groups is 2. The number of carboxylic acid groups (broad SMARTS) is 1. The van der Waals surface area contributed by atoms with E-state index in [0.29, 0.717) is 17.9 Å². The fourth-order valence-corrected chi connectivity index (χ4v) is 2.52. The lowest BCUT2D eigenvalue weighted by Crippen LogP contribution is -2.24. The van der Waals surface area contributed by atoms with Crippen molar-refractivity contribution in [3.05, 3.63) is 53.2 Å². The number of nitrogens with zero attached hydrogens (tertiary/aromatic N) is 1. The zero-order valence-electron chi connectivity index (χ0n) is 12.3. The summed E-state index contributed by atoms with van der Waals surface area (Å²) in [5, 5.41) is 11.7. The summed E-state index contributed by atoms with van der Waals surface area (Å²) in [7, 11) is 0. The van der Waals surface area contributed by atoms with Gasteiger partial charge >= 0.3 is 5.97 Å². The fraction of sp³-hybridized carbons (Fsp3) is 0.312. The highest BCUT2D eigenvalue weighted by Crippen LogP contribution is 2.30. The molecule has 2 N–H and O–H groups in total. The van der Waals surface area contributed by atoms with E-state index in [9.17, 15) is 9.59 Å². The average Bonchev–Trinajstić information content (AvgIpc) is 3.23. The lowest BCUT2D eigenvalue weighted by Gasteiger charge is -2.08. The molecule has 0 bridgehead atoms. The largest absolute Gasteiger partial charge is 0.478 e. The first-order valence-electron chi connectivity index (χ1n) is 7.30. The van der Waals surface area contributed by atoms with E-state index >= 15 is 0 Å². The molecule has 1 fully saturated rings. The molecule has 0 unspecified atom stereocenters. The molecular formula is C16H16N2O5. The minimum atomic E-state index is -1.00. The van der Waals surface area contributed by atoms with Crippen LogP contribution in [0.1, 0.15) is 51.1 Å².